The molecule has 9 nitrogen and oxygen atoms in total. The Labute approximate surface area is 215 Å². The second kappa shape index (κ2) is 11.8. The van der Waals surface area contributed by atoms with E-state index in [-0.39, 0.29) is 22.1 Å². The number of halogens is 1. The van der Waals surface area contributed by atoms with Crippen LogP contribution in [0.3, 0.4) is 0 Å². The van der Waals surface area contributed by atoms with E-state index < -0.39 is 34.3 Å². The first-order valence-electron chi connectivity index (χ1n) is 11.2. The number of hydrogen-bond donors (Lipinski definition) is 1. The maximum atomic E-state index is 13.9. The van der Waals surface area contributed by atoms with Gasteiger partial charge in [-0.05, 0) is 48.9 Å². The van der Waals surface area contributed by atoms with Crippen LogP contribution >= 0.6 is 0 Å². The summed E-state index contributed by atoms with van der Waals surface area (Å²) >= 11 is 0. The van der Waals surface area contributed by atoms with Crippen molar-refractivity contribution in [2.45, 2.75) is 17.9 Å². The molecule has 0 heterocycles. The van der Waals surface area contributed by atoms with Crippen LogP contribution < -0.4 is 28.6 Å². The quantitative estimate of drug-likeness (QED) is 0.399. The number of hydrogen-bond acceptors (Lipinski definition) is 7. The van der Waals surface area contributed by atoms with Gasteiger partial charge >= 0.3 is 0 Å². The number of anilines is 1. The molecule has 0 unspecified atom stereocenters. The fourth-order valence-corrected chi connectivity index (χ4v) is 5.09. The van der Waals surface area contributed by atoms with Gasteiger partial charge in [0.05, 0.1) is 45.1 Å². The van der Waals surface area contributed by atoms with Crippen molar-refractivity contribution in [2.75, 3.05) is 39.3 Å². The highest BCUT2D eigenvalue weighted by Gasteiger charge is 2.31. The molecule has 0 saturated heterocycles. The Balaban J connectivity index is 2.04. The Hall–Kier alpha value is -3.99. The zero-order valence-corrected chi connectivity index (χ0v) is 22.0. The summed E-state index contributed by atoms with van der Waals surface area (Å²) in [7, 11) is 1.34. The van der Waals surface area contributed by atoms with Crippen molar-refractivity contribution >= 4 is 21.6 Å². The monoisotopic (exact) mass is 532 g/mol. The average Bonchev–Trinajstić information content (AvgIpc) is 2.91. The Kier molecular flexibility index (Phi) is 8.82. The van der Waals surface area contributed by atoms with Crippen LogP contribution in [-0.2, 0) is 14.8 Å². The molecular weight excluding hydrogens is 503 g/mol. The summed E-state index contributed by atoms with van der Waals surface area (Å²) in [5, 5.41) is 2.76. The maximum Gasteiger partial charge on any atom is 0.265 e. The number of amides is 1. The molecule has 1 amide bonds. The topological polar surface area (TPSA) is 103 Å². The van der Waals surface area contributed by atoms with E-state index in [0.29, 0.717) is 17.1 Å². The third-order valence-corrected chi connectivity index (χ3v) is 7.39. The van der Waals surface area contributed by atoms with Crippen LogP contribution in [-0.4, -0.2) is 49.3 Å². The van der Waals surface area contributed by atoms with Crippen molar-refractivity contribution in [3.63, 3.8) is 0 Å². The number of benzene rings is 3. The number of methoxy groups -OCH3 is 4. The Bertz CT molecular complexity index is 1350. The fourth-order valence-electron chi connectivity index (χ4n) is 3.65. The zero-order valence-electron chi connectivity index (χ0n) is 21.1. The Morgan fingerprint density at radius 2 is 1.49 bits per heavy atom. The first-order valence-corrected chi connectivity index (χ1v) is 12.6. The van der Waals surface area contributed by atoms with E-state index in [1.54, 1.807) is 31.2 Å². The Morgan fingerprint density at radius 3 is 2.08 bits per heavy atom. The smallest absolute Gasteiger partial charge is 0.265 e. The minimum atomic E-state index is -4.32. The third kappa shape index (κ3) is 6.23. The number of sulfonamides is 1. The van der Waals surface area contributed by atoms with E-state index >= 15 is 0 Å². The van der Waals surface area contributed by atoms with Crippen LogP contribution in [0, 0.1) is 5.82 Å². The van der Waals surface area contributed by atoms with E-state index in [9.17, 15) is 17.6 Å². The molecule has 3 aromatic rings. The number of nitrogens with zero attached hydrogens (tertiary/aromatic N) is 1. The van der Waals surface area contributed by atoms with Gasteiger partial charge in [-0.25, -0.2) is 12.8 Å². The number of ether oxygens (including phenoxy) is 4. The summed E-state index contributed by atoms with van der Waals surface area (Å²) in [6.45, 7) is 1.14. The predicted molar refractivity (Wildman–Crippen MR) is 137 cm³/mol. The first-order chi connectivity index (χ1) is 17.6. The molecular formula is C26H29FN2O7S. The lowest BCUT2D eigenvalue weighted by atomic mass is 10.1. The maximum absolute atomic E-state index is 13.9. The molecule has 0 saturated carbocycles. The molecule has 3 rings (SSSR count). The lowest BCUT2D eigenvalue weighted by molar-refractivity contribution is -0.120. The lowest BCUT2D eigenvalue weighted by Crippen LogP contribution is -2.41. The van der Waals surface area contributed by atoms with Crippen LogP contribution in [0.1, 0.15) is 18.5 Å². The molecule has 0 bridgehead atoms. The molecule has 0 aromatic heterocycles. The molecule has 0 aliphatic rings. The van der Waals surface area contributed by atoms with Gasteiger partial charge in [0.15, 0.2) is 11.5 Å². The SMILES string of the molecule is COc1ccc(OC)c(N(CC(=O)N[C@@H](C)c2ccc(F)cc2)S(=O)(=O)c2ccc(OC)c(OC)c2)c1. The summed E-state index contributed by atoms with van der Waals surface area (Å²) in [4.78, 5) is 13.0. The van der Waals surface area contributed by atoms with Gasteiger partial charge in [-0.3, -0.25) is 9.10 Å². The van der Waals surface area contributed by atoms with E-state index in [1.165, 1.54) is 64.8 Å². The van der Waals surface area contributed by atoms with Crippen LogP contribution in [0.15, 0.2) is 65.6 Å². The van der Waals surface area contributed by atoms with Crippen molar-refractivity contribution < 1.29 is 36.6 Å². The van der Waals surface area contributed by atoms with Gasteiger partial charge < -0.3 is 24.3 Å². The van der Waals surface area contributed by atoms with Crippen LogP contribution in [0.4, 0.5) is 10.1 Å². The van der Waals surface area contributed by atoms with Crippen molar-refractivity contribution in [2.24, 2.45) is 0 Å². The molecule has 1 atom stereocenters. The molecule has 0 aliphatic heterocycles. The summed E-state index contributed by atoms with van der Waals surface area (Å²) < 4.78 is 63.2. The number of rotatable bonds is 11. The van der Waals surface area contributed by atoms with Gasteiger partial charge in [0.1, 0.15) is 23.9 Å². The molecule has 0 radical (unpaired) electrons. The number of nitrogens with one attached hydrogen (secondary N) is 1. The summed E-state index contributed by atoms with van der Waals surface area (Å²) in [6.07, 6.45) is 0. The van der Waals surface area contributed by atoms with Crippen LogP contribution in [0.2, 0.25) is 0 Å². The third-order valence-electron chi connectivity index (χ3n) is 5.63. The molecule has 0 fully saturated rings. The molecule has 11 heteroatoms. The van der Waals surface area contributed by atoms with Gasteiger partial charge in [-0.1, -0.05) is 12.1 Å². The molecule has 3 aromatic carbocycles. The molecule has 198 valence electrons. The average molecular weight is 533 g/mol. The normalized spacial score (nSPS) is 11.8. The van der Waals surface area contributed by atoms with E-state index in [1.807, 2.05) is 0 Å². The van der Waals surface area contributed by atoms with Crippen molar-refractivity contribution in [1.29, 1.82) is 0 Å². The highest BCUT2D eigenvalue weighted by atomic mass is 32.2. The Morgan fingerprint density at radius 1 is 0.865 bits per heavy atom. The van der Waals surface area contributed by atoms with Gasteiger partial charge in [0.2, 0.25) is 5.91 Å². The summed E-state index contributed by atoms with van der Waals surface area (Å²) in [5.74, 6) is 0.131. The fraction of sp³-hybridized carbons (Fsp3) is 0.269. The van der Waals surface area contributed by atoms with Crippen LogP contribution in [0.5, 0.6) is 23.0 Å². The van der Waals surface area contributed by atoms with Gasteiger partial charge in [-0.15, -0.1) is 0 Å². The second-order valence-electron chi connectivity index (χ2n) is 7.91. The summed E-state index contributed by atoms with van der Waals surface area (Å²) in [5.41, 5.74) is 0.754. The van der Waals surface area contributed by atoms with Crippen LogP contribution in [0.25, 0.3) is 0 Å². The largest absolute Gasteiger partial charge is 0.497 e. The van der Waals surface area contributed by atoms with Crippen molar-refractivity contribution in [3.8, 4) is 23.0 Å². The predicted octanol–water partition coefficient (Wildman–Crippen LogP) is 3.93. The zero-order chi connectivity index (χ0) is 27.2. The number of carbonyl (C=O) groups excluding carboxylic acids is 1. The van der Waals surface area contributed by atoms with E-state index in [0.717, 1.165) is 4.31 Å². The van der Waals surface area contributed by atoms with E-state index in [2.05, 4.69) is 5.32 Å². The minimum Gasteiger partial charge on any atom is -0.497 e. The van der Waals surface area contributed by atoms with Gasteiger partial charge in [-0.2, -0.15) is 0 Å². The highest BCUT2D eigenvalue weighted by Crippen LogP contribution is 2.37. The van der Waals surface area contributed by atoms with Crippen molar-refractivity contribution in [1.82, 2.24) is 5.32 Å². The molecule has 0 spiro atoms. The second-order valence-corrected chi connectivity index (χ2v) is 9.77. The van der Waals surface area contributed by atoms with E-state index in [4.69, 9.17) is 18.9 Å². The minimum absolute atomic E-state index is 0.0984. The van der Waals surface area contributed by atoms with Gasteiger partial charge in [0, 0.05) is 12.1 Å². The summed E-state index contributed by atoms with van der Waals surface area (Å²) in [6, 6.07) is 13.9. The molecule has 1 N–H and O–H groups in total. The highest BCUT2D eigenvalue weighted by molar-refractivity contribution is 7.92. The molecule has 37 heavy (non-hydrogen) atoms. The standard InChI is InChI=1S/C26H29FN2O7S/c1-17(18-6-8-19(27)9-7-18)28-26(30)16-29(22-14-20(33-2)10-12-23(22)34-3)37(31,32)21-11-13-24(35-4)25(15-21)36-5/h6-15,17H,16H2,1-5H3,(H,28,30)/t17-/m0/s1. The first kappa shape index (κ1) is 27.6. The van der Waals surface area contributed by atoms with Gasteiger partial charge in [0.25, 0.3) is 10.0 Å². The molecule has 0 aliphatic carbocycles. The number of carbonyl (C=O) groups is 1. The lowest BCUT2D eigenvalue weighted by Gasteiger charge is -2.27. The van der Waals surface area contributed by atoms with Crippen molar-refractivity contribution in [3.05, 3.63) is 72.0 Å².